The fourth-order valence-electron chi connectivity index (χ4n) is 2.66. The van der Waals surface area contributed by atoms with Gasteiger partial charge in [-0.25, -0.2) is 4.98 Å². The lowest BCUT2D eigenvalue weighted by molar-refractivity contribution is -0.123. The van der Waals surface area contributed by atoms with Gasteiger partial charge < -0.3 is 14.6 Å². The van der Waals surface area contributed by atoms with Crippen LogP contribution >= 0.6 is 0 Å². The second-order valence-electron chi connectivity index (χ2n) is 5.60. The summed E-state index contributed by atoms with van der Waals surface area (Å²) in [5.74, 6) is 1.59. The molecule has 124 valence electrons. The maximum absolute atomic E-state index is 11.8. The van der Waals surface area contributed by atoms with Gasteiger partial charge in [0.05, 0.1) is 11.0 Å². The monoisotopic (exact) mass is 323 g/mol. The van der Waals surface area contributed by atoms with Crippen LogP contribution in [0, 0.1) is 6.92 Å². The van der Waals surface area contributed by atoms with E-state index in [0.29, 0.717) is 12.3 Å². The van der Waals surface area contributed by atoms with Crippen LogP contribution in [0.1, 0.15) is 12.2 Å². The Hall–Kier alpha value is -2.82. The Morgan fingerprint density at radius 1 is 1.12 bits per heavy atom. The van der Waals surface area contributed by atoms with E-state index in [2.05, 4.69) is 20.9 Å². The fraction of sp³-hybridized carbons (Fsp3) is 0.263. The van der Waals surface area contributed by atoms with Crippen LogP contribution in [-0.2, 0) is 11.3 Å². The van der Waals surface area contributed by atoms with Gasteiger partial charge in [0.1, 0.15) is 11.6 Å². The van der Waals surface area contributed by atoms with Crippen molar-refractivity contribution in [1.29, 1.82) is 0 Å². The number of nitrogens with zero attached hydrogens (tertiary/aromatic N) is 2. The number of imidazole rings is 1. The van der Waals surface area contributed by atoms with Gasteiger partial charge in [-0.15, -0.1) is 0 Å². The van der Waals surface area contributed by atoms with E-state index in [1.54, 1.807) is 0 Å². The van der Waals surface area contributed by atoms with Gasteiger partial charge in [-0.05, 0) is 37.6 Å². The average molecular weight is 323 g/mol. The molecule has 0 unspecified atom stereocenters. The van der Waals surface area contributed by atoms with Gasteiger partial charge >= 0.3 is 0 Å². The van der Waals surface area contributed by atoms with Gasteiger partial charge in [-0.2, -0.15) is 0 Å². The van der Waals surface area contributed by atoms with Crippen molar-refractivity contribution in [2.45, 2.75) is 19.9 Å². The van der Waals surface area contributed by atoms with Gasteiger partial charge in [0.15, 0.2) is 6.61 Å². The summed E-state index contributed by atoms with van der Waals surface area (Å²) in [6, 6.07) is 17.4. The van der Waals surface area contributed by atoms with E-state index in [-0.39, 0.29) is 12.5 Å². The third kappa shape index (κ3) is 3.93. The summed E-state index contributed by atoms with van der Waals surface area (Å²) in [6.07, 6.45) is 0.846. The van der Waals surface area contributed by atoms with Crippen LogP contribution in [0.15, 0.2) is 54.6 Å². The number of carbonyl (C=O) groups is 1. The lowest BCUT2D eigenvalue weighted by Crippen LogP contribution is -2.30. The second-order valence-corrected chi connectivity index (χ2v) is 5.60. The molecule has 1 heterocycles. The van der Waals surface area contributed by atoms with Gasteiger partial charge in [-0.3, -0.25) is 4.79 Å². The number of ether oxygens (including phenoxy) is 1. The SMILES string of the molecule is Cc1nc2ccccc2n1CCCNC(=O)COc1ccccc1. The number of amides is 1. The van der Waals surface area contributed by atoms with E-state index >= 15 is 0 Å². The smallest absolute Gasteiger partial charge is 0.257 e. The zero-order chi connectivity index (χ0) is 16.8. The molecule has 0 fully saturated rings. The molecule has 0 aliphatic heterocycles. The Labute approximate surface area is 141 Å². The lowest BCUT2D eigenvalue weighted by Gasteiger charge is -2.09. The van der Waals surface area contributed by atoms with Crippen molar-refractivity contribution in [2.24, 2.45) is 0 Å². The van der Waals surface area contributed by atoms with Crippen molar-refractivity contribution >= 4 is 16.9 Å². The molecule has 0 spiro atoms. The molecule has 5 nitrogen and oxygen atoms in total. The minimum absolute atomic E-state index is 0.0387. The molecular formula is C19H21N3O2. The van der Waals surface area contributed by atoms with Crippen molar-refractivity contribution in [3.8, 4) is 5.75 Å². The number of aromatic nitrogens is 2. The van der Waals surface area contributed by atoms with Gasteiger partial charge in [-0.1, -0.05) is 30.3 Å². The lowest BCUT2D eigenvalue weighted by atomic mass is 10.3. The zero-order valence-electron chi connectivity index (χ0n) is 13.7. The number of fused-ring (bicyclic) bond motifs is 1. The molecule has 1 N–H and O–H groups in total. The van der Waals surface area contributed by atoms with Crippen LogP contribution in [0.2, 0.25) is 0 Å². The van der Waals surface area contributed by atoms with E-state index in [4.69, 9.17) is 4.74 Å². The van der Waals surface area contributed by atoms with Crippen LogP contribution < -0.4 is 10.1 Å². The number of carbonyl (C=O) groups excluding carboxylic acids is 1. The molecule has 0 radical (unpaired) electrons. The van der Waals surface area contributed by atoms with Crippen molar-refractivity contribution in [2.75, 3.05) is 13.2 Å². The number of rotatable bonds is 7. The minimum atomic E-state index is -0.105. The van der Waals surface area contributed by atoms with Crippen LogP contribution in [-0.4, -0.2) is 28.6 Å². The van der Waals surface area contributed by atoms with Crippen LogP contribution in [0.3, 0.4) is 0 Å². The molecule has 0 aliphatic rings. The van der Waals surface area contributed by atoms with Crippen molar-refractivity contribution in [3.63, 3.8) is 0 Å². The van der Waals surface area contributed by atoms with Crippen LogP contribution in [0.5, 0.6) is 5.75 Å². The minimum Gasteiger partial charge on any atom is -0.484 e. The number of hydrogen-bond acceptors (Lipinski definition) is 3. The molecule has 5 heteroatoms. The first kappa shape index (κ1) is 16.1. The summed E-state index contributed by atoms with van der Waals surface area (Å²) < 4.78 is 7.60. The van der Waals surface area contributed by atoms with Crippen molar-refractivity contribution in [1.82, 2.24) is 14.9 Å². The Morgan fingerprint density at radius 3 is 2.71 bits per heavy atom. The highest BCUT2D eigenvalue weighted by atomic mass is 16.5. The van der Waals surface area contributed by atoms with Crippen molar-refractivity contribution in [3.05, 3.63) is 60.4 Å². The van der Waals surface area contributed by atoms with Gasteiger partial charge in [0.2, 0.25) is 0 Å². The molecule has 0 bridgehead atoms. The van der Waals surface area contributed by atoms with Crippen molar-refractivity contribution < 1.29 is 9.53 Å². The molecule has 3 rings (SSSR count). The maximum Gasteiger partial charge on any atom is 0.257 e. The third-order valence-corrected chi connectivity index (χ3v) is 3.84. The van der Waals surface area contributed by atoms with Gasteiger partial charge in [0.25, 0.3) is 5.91 Å². The molecule has 1 aromatic heterocycles. The number of nitrogens with one attached hydrogen (secondary N) is 1. The first-order valence-electron chi connectivity index (χ1n) is 8.10. The molecule has 0 aliphatic carbocycles. The van der Waals surface area contributed by atoms with E-state index in [1.165, 1.54) is 0 Å². The number of para-hydroxylation sites is 3. The Balaban J connectivity index is 1.43. The summed E-state index contributed by atoms with van der Waals surface area (Å²) in [6.45, 7) is 3.48. The van der Waals surface area contributed by atoms with E-state index in [9.17, 15) is 4.79 Å². The summed E-state index contributed by atoms with van der Waals surface area (Å²) in [7, 11) is 0. The standard InChI is InChI=1S/C19H21N3O2/c1-15-21-17-10-5-6-11-18(17)22(15)13-7-12-20-19(23)14-24-16-8-3-2-4-9-16/h2-6,8-11H,7,12-14H2,1H3,(H,20,23). The quantitative estimate of drug-likeness (QED) is 0.680. The molecule has 1 amide bonds. The zero-order valence-corrected chi connectivity index (χ0v) is 13.7. The molecular weight excluding hydrogens is 302 g/mol. The predicted molar refractivity (Wildman–Crippen MR) is 94.0 cm³/mol. The normalized spacial score (nSPS) is 10.7. The Bertz CT molecular complexity index is 812. The molecule has 0 saturated carbocycles. The number of aryl methyl sites for hydroxylation is 2. The summed E-state index contributed by atoms with van der Waals surface area (Å²) >= 11 is 0. The second kappa shape index (κ2) is 7.64. The first-order valence-corrected chi connectivity index (χ1v) is 8.10. The Kier molecular flexibility index (Phi) is 5.11. The number of hydrogen-bond donors (Lipinski definition) is 1. The maximum atomic E-state index is 11.8. The Morgan fingerprint density at radius 2 is 1.88 bits per heavy atom. The number of benzene rings is 2. The molecule has 0 saturated heterocycles. The summed E-state index contributed by atoms with van der Waals surface area (Å²) in [5.41, 5.74) is 2.14. The average Bonchev–Trinajstić information content (AvgIpc) is 2.93. The highest BCUT2D eigenvalue weighted by Gasteiger charge is 2.06. The molecule has 24 heavy (non-hydrogen) atoms. The van der Waals surface area contributed by atoms with E-state index in [0.717, 1.165) is 29.8 Å². The largest absolute Gasteiger partial charge is 0.484 e. The van der Waals surface area contributed by atoms with Gasteiger partial charge in [0, 0.05) is 13.1 Å². The molecule has 2 aromatic carbocycles. The topological polar surface area (TPSA) is 56.2 Å². The predicted octanol–water partition coefficient (Wildman–Crippen LogP) is 2.93. The van der Waals surface area contributed by atoms with Crippen LogP contribution in [0.4, 0.5) is 0 Å². The molecule has 3 aromatic rings. The van der Waals surface area contributed by atoms with E-state index in [1.807, 2.05) is 55.5 Å². The molecule has 0 atom stereocenters. The van der Waals surface area contributed by atoms with Crippen LogP contribution in [0.25, 0.3) is 11.0 Å². The summed E-state index contributed by atoms with van der Waals surface area (Å²) in [5, 5.41) is 2.89. The fourth-order valence-corrected chi connectivity index (χ4v) is 2.66. The summed E-state index contributed by atoms with van der Waals surface area (Å²) in [4.78, 5) is 16.3. The first-order chi connectivity index (χ1) is 11.7. The third-order valence-electron chi connectivity index (χ3n) is 3.84. The van der Waals surface area contributed by atoms with E-state index < -0.39 is 0 Å². The highest BCUT2D eigenvalue weighted by molar-refractivity contribution is 5.77. The highest BCUT2D eigenvalue weighted by Crippen LogP contribution is 2.15.